The zero-order valence-corrected chi connectivity index (χ0v) is 9.54. The molecule has 3 N–H and O–H groups in total. The Labute approximate surface area is 99.3 Å². The van der Waals surface area contributed by atoms with Crippen molar-refractivity contribution in [1.29, 1.82) is 0 Å². The van der Waals surface area contributed by atoms with E-state index in [1.807, 2.05) is 0 Å². The van der Waals surface area contributed by atoms with E-state index in [2.05, 4.69) is 0 Å². The van der Waals surface area contributed by atoms with E-state index < -0.39 is 18.2 Å². The van der Waals surface area contributed by atoms with Crippen molar-refractivity contribution in [2.75, 3.05) is 6.61 Å². The Hall–Kier alpha value is -1.59. The molecule has 2 atom stereocenters. The number of benzene rings is 1. The Morgan fingerprint density at radius 3 is 2.41 bits per heavy atom. The van der Waals surface area contributed by atoms with Gasteiger partial charge < -0.3 is 20.1 Å². The fourth-order valence-electron chi connectivity index (χ4n) is 1.30. The number of aliphatic hydroxyl groups excluding tert-OH is 2. The van der Waals surface area contributed by atoms with Crippen molar-refractivity contribution in [2.45, 2.75) is 25.6 Å². The first-order valence-electron chi connectivity index (χ1n) is 5.33. The summed E-state index contributed by atoms with van der Waals surface area (Å²) in [5.41, 5.74) is 0.668. The Balaban J connectivity index is 2.65. The molecule has 1 aromatic rings. The van der Waals surface area contributed by atoms with Gasteiger partial charge in [0, 0.05) is 13.0 Å². The van der Waals surface area contributed by atoms with Gasteiger partial charge >= 0.3 is 5.97 Å². The monoisotopic (exact) mass is 240 g/mol. The van der Waals surface area contributed by atoms with Crippen LogP contribution in [0.15, 0.2) is 24.3 Å². The standard InChI is InChI=1S/C12H16O5/c1-8(12(15)16)9-2-4-10(5-3-9)17-11(14)6-7-13/h2-5,8,11,13-14H,6-7H2,1H3,(H,15,16). The lowest BCUT2D eigenvalue weighted by Crippen LogP contribution is -2.17. The fourth-order valence-corrected chi connectivity index (χ4v) is 1.30. The van der Waals surface area contributed by atoms with E-state index in [1.54, 1.807) is 31.2 Å². The first kappa shape index (κ1) is 13.5. The van der Waals surface area contributed by atoms with E-state index in [0.717, 1.165) is 0 Å². The van der Waals surface area contributed by atoms with Gasteiger partial charge in [0.25, 0.3) is 0 Å². The van der Waals surface area contributed by atoms with E-state index in [9.17, 15) is 9.90 Å². The van der Waals surface area contributed by atoms with Crippen LogP contribution in [-0.4, -0.2) is 34.2 Å². The summed E-state index contributed by atoms with van der Waals surface area (Å²) < 4.78 is 5.10. The molecule has 5 nitrogen and oxygen atoms in total. The summed E-state index contributed by atoms with van der Waals surface area (Å²) in [6, 6.07) is 6.46. The molecule has 0 radical (unpaired) electrons. The molecule has 2 unspecified atom stereocenters. The lowest BCUT2D eigenvalue weighted by molar-refractivity contribution is -0.138. The van der Waals surface area contributed by atoms with Crippen molar-refractivity contribution < 1.29 is 24.9 Å². The Kier molecular flexibility index (Phi) is 4.93. The van der Waals surface area contributed by atoms with Crippen LogP contribution in [0.3, 0.4) is 0 Å². The minimum atomic E-state index is -1.05. The number of hydrogen-bond acceptors (Lipinski definition) is 4. The number of rotatable bonds is 6. The molecule has 0 saturated carbocycles. The zero-order chi connectivity index (χ0) is 12.8. The number of carbonyl (C=O) groups is 1. The number of carboxylic acids is 1. The topological polar surface area (TPSA) is 87.0 Å². The summed E-state index contributed by atoms with van der Waals surface area (Å²) in [5, 5.41) is 26.7. The summed E-state index contributed by atoms with van der Waals surface area (Å²) in [7, 11) is 0. The Bertz CT molecular complexity index is 360. The predicted octanol–water partition coefficient (Wildman–Crippen LogP) is 0.954. The molecular formula is C12H16O5. The molecule has 5 heteroatoms. The maximum absolute atomic E-state index is 10.7. The largest absolute Gasteiger partial charge is 0.481 e. The first-order valence-corrected chi connectivity index (χ1v) is 5.33. The third kappa shape index (κ3) is 4.05. The highest BCUT2D eigenvalue weighted by molar-refractivity contribution is 5.75. The van der Waals surface area contributed by atoms with Crippen LogP contribution in [0, 0.1) is 0 Å². The predicted molar refractivity (Wildman–Crippen MR) is 60.8 cm³/mol. The van der Waals surface area contributed by atoms with Crippen LogP contribution in [0.5, 0.6) is 5.75 Å². The second-order valence-corrected chi connectivity index (χ2v) is 3.71. The summed E-state index contributed by atoms with van der Waals surface area (Å²) in [4.78, 5) is 10.7. The van der Waals surface area contributed by atoms with Crippen molar-refractivity contribution in [3.8, 4) is 5.75 Å². The Morgan fingerprint density at radius 2 is 1.94 bits per heavy atom. The SMILES string of the molecule is CC(C(=O)O)c1ccc(OC(O)CCO)cc1. The van der Waals surface area contributed by atoms with Crippen LogP contribution < -0.4 is 4.74 Å². The number of hydrogen-bond donors (Lipinski definition) is 3. The molecule has 0 amide bonds. The van der Waals surface area contributed by atoms with Crippen LogP contribution in [0.1, 0.15) is 24.8 Å². The maximum atomic E-state index is 10.7. The second kappa shape index (κ2) is 6.22. The molecule has 1 aromatic carbocycles. The molecule has 0 saturated heterocycles. The van der Waals surface area contributed by atoms with Gasteiger partial charge in [-0.3, -0.25) is 4.79 Å². The second-order valence-electron chi connectivity index (χ2n) is 3.71. The van der Waals surface area contributed by atoms with Crippen LogP contribution in [0.4, 0.5) is 0 Å². The van der Waals surface area contributed by atoms with Crippen LogP contribution in [-0.2, 0) is 4.79 Å². The number of ether oxygens (including phenoxy) is 1. The third-order valence-corrected chi connectivity index (χ3v) is 2.40. The van der Waals surface area contributed by atoms with E-state index in [1.165, 1.54) is 0 Å². The maximum Gasteiger partial charge on any atom is 0.310 e. The molecule has 0 aliphatic rings. The average molecular weight is 240 g/mol. The molecule has 94 valence electrons. The van der Waals surface area contributed by atoms with Crippen molar-refractivity contribution in [3.05, 3.63) is 29.8 Å². The lowest BCUT2D eigenvalue weighted by Gasteiger charge is -2.13. The number of aliphatic carboxylic acids is 1. The zero-order valence-electron chi connectivity index (χ0n) is 9.54. The molecular weight excluding hydrogens is 224 g/mol. The number of carboxylic acid groups (broad SMARTS) is 1. The van der Waals surface area contributed by atoms with Gasteiger partial charge in [-0.1, -0.05) is 12.1 Å². The molecule has 0 aliphatic carbocycles. The molecule has 0 aromatic heterocycles. The smallest absolute Gasteiger partial charge is 0.310 e. The van der Waals surface area contributed by atoms with Gasteiger partial charge in [0.2, 0.25) is 0 Å². The highest BCUT2D eigenvalue weighted by Gasteiger charge is 2.13. The van der Waals surface area contributed by atoms with Gasteiger partial charge in [0.05, 0.1) is 5.92 Å². The normalized spacial score (nSPS) is 14.1. The highest BCUT2D eigenvalue weighted by Crippen LogP contribution is 2.20. The third-order valence-electron chi connectivity index (χ3n) is 2.40. The van der Waals surface area contributed by atoms with E-state index >= 15 is 0 Å². The minimum Gasteiger partial charge on any atom is -0.481 e. The van der Waals surface area contributed by atoms with E-state index in [-0.39, 0.29) is 13.0 Å². The highest BCUT2D eigenvalue weighted by atomic mass is 16.6. The fraction of sp³-hybridized carbons (Fsp3) is 0.417. The quantitative estimate of drug-likeness (QED) is 0.644. The molecule has 0 aliphatic heterocycles. The first-order chi connectivity index (χ1) is 8.04. The molecule has 17 heavy (non-hydrogen) atoms. The molecule has 1 rings (SSSR count). The summed E-state index contributed by atoms with van der Waals surface area (Å²) in [6.07, 6.45) is -0.921. The molecule has 0 heterocycles. The van der Waals surface area contributed by atoms with Gasteiger partial charge in [-0.05, 0) is 24.6 Å². The van der Waals surface area contributed by atoms with Gasteiger partial charge in [-0.25, -0.2) is 0 Å². The average Bonchev–Trinajstić information content (AvgIpc) is 2.29. The minimum absolute atomic E-state index is 0.132. The van der Waals surface area contributed by atoms with Crippen LogP contribution in [0.2, 0.25) is 0 Å². The van der Waals surface area contributed by atoms with Crippen LogP contribution >= 0.6 is 0 Å². The van der Waals surface area contributed by atoms with Gasteiger partial charge in [0.15, 0.2) is 6.29 Å². The summed E-state index contributed by atoms with van der Waals surface area (Å²) in [6.45, 7) is 1.44. The van der Waals surface area contributed by atoms with E-state index in [0.29, 0.717) is 11.3 Å². The van der Waals surface area contributed by atoms with Crippen molar-refractivity contribution in [1.82, 2.24) is 0 Å². The summed E-state index contributed by atoms with van der Waals surface area (Å²) in [5.74, 6) is -1.03. The Morgan fingerprint density at radius 1 is 1.35 bits per heavy atom. The lowest BCUT2D eigenvalue weighted by atomic mass is 10.0. The molecule has 0 bridgehead atoms. The van der Waals surface area contributed by atoms with Gasteiger partial charge in [0.1, 0.15) is 5.75 Å². The van der Waals surface area contributed by atoms with Crippen molar-refractivity contribution in [2.24, 2.45) is 0 Å². The van der Waals surface area contributed by atoms with Gasteiger partial charge in [-0.15, -0.1) is 0 Å². The summed E-state index contributed by atoms with van der Waals surface area (Å²) >= 11 is 0. The van der Waals surface area contributed by atoms with E-state index in [4.69, 9.17) is 14.9 Å². The molecule has 0 spiro atoms. The molecule has 0 fully saturated rings. The van der Waals surface area contributed by atoms with Gasteiger partial charge in [-0.2, -0.15) is 0 Å². The number of aliphatic hydroxyl groups is 2. The van der Waals surface area contributed by atoms with Crippen LogP contribution in [0.25, 0.3) is 0 Å². The van der Waals surface area contributed by atoms with Crippen molar-refractivity contribution in [3.63, 3.8) is 0 Å². The van der Waals surface area contributed by atoms with Crippen molar-refractivity contribution >= 4 is 5.97 Å².